The fourth-order valence-corrected chi connectivity index (χ4v) is 2.18. The number of carbonyl (C=O) groups excluding carboxylic acids is 1. The van der Waals surface area contributed by atoms with Gasteiger partial charge in [0.15, 0.2) is 9.84 Å². The fourth-order valence-electron chi connectivity index (χ4n) is 1.31. The highest BCUT2D eigenvalue weighted by Gasteiger charge is 2.29. The molecule has 1 amide bonds. The lowest BCUT2D eigenvalue weighted by Gasteiger charge is -2.22. The van der Waals surface area contributed by atoms with E-state index in [9.17, 15) is 13.2 Å². The molecule has 102 valence electrons. The largest absolute Gasteiger partial charge is 0.423 e. The zero-order valence-electron chi connectivity index (χ0n) is 10.9. The van der Waals surface area contributed by atoms with E-state index in [0.29, 0.717) is 5.69 Å². The van der Waals surface area contributed by atoms with E-state index in [1.807, 2.05) is 0 Å². The van der Waals surface area contributed by atoms with Gasteiger partial charge in [0.25, 0.3) is 0 Å². The van der Waals surface area contributed by atoms with Crippen molar-refractivity contribution in [1.29, 1.82) is 0 Å². The molecule has 0 saturated carbocycles. The van der Waals surface area contributed by atoms with Crippen LogP contribution in [0.4, 0.5) is 4.79 Å². The normalized spacial score (nSPS) is 14.0. The average Bonchev–Trinajstić information content (AvgIpc) is 2.61. The van der Waals surface area contributed by atoms with Gasteiger partial charge in [0.1, 0.15) is 0 Å². The van der Waals surface area contributed by atoms with Crippen molar-refractivity contribution in [1.82, 2.24) is 10.3 Å². The van der Waals surface area contributed by atoms with Gasteiger partial charge < -0.3 is 15.0 Å². The Morgan fingerprint density at radius 1 is 1.44 bits per heavy atom. The minimum Gasteiger partial charge on any atom is -0.423 e. The van der Waals surface area contributed by atoms with Crippen molar-refractivity contribution in [3.05, 3.63) is 24.0 Å². The number of nitrogens with one attached hydrogen (secondary N) is 2. The highest BCUT2D eigenvalue weighted by atomic mass is 32.2. The van der Waals surface area contributed by atoms with E-state index in [4.69, 9.17) is 4.74 Å². The maximum atomic E-state index is 11.6. The standard InChI is InChI=1S/C11H18N2O4S/c1-11(2,3)13-10(14)17-9(18(4,15)16)8-6-5-7-12-8/h5-7,9,12H,1-4H3,(H,13,14). The van der Waals surface area contributed by atoms with Crippen LogP contribution in [-0.2, 0) is 14.6 Å². The molecule has 1 aromatic heterocycles. The fraction of sp³-hybridized carbons (Fsp3) is 0.545. The van der Waals surface area contributed by atoms with Crippen LogP contribution in [0.15, 0.2) is 18.3 Å². The molecule has 0 fully saturated rings. The number of amides is 1. The minimum absolute atomic E-state index is 0.321. The van der Waals surface area contributed by atoms with Gasteiger partial charge in [-0.2, -0.15) is 0 Å². The molecule has 0 aliphatic rings. The quantitative estimate of drug-likeness (QED) is 0.876. The van der Waals surface area contributed by atoms with E-state index in [1.54, 1.807) is 39.1 Å². The molecule has 1 rings (SSSR count). The monoisotopic (exact) mass is 274 g/mol. The first kappa shape index (κ1) is 14.6. The molecule has 0 radical (unpaired) electrons. The minimum atomic E-state index is -3.55. The first-order valence-electron chi connectivity index (χ1n) is 5.40. The van der Waals surface area contributed by atoms with Gasteiger partial charge in [0.2, 0.25) is 5.44 Å². The van der Waals surface area contributed by atoms with Crippen molar-refractivity contribution in [3.63, 3.8) is 0 Å². The molecule has 6 nitrogen and oxygen atoms in total. The van der Waals surface area contributed by atoms with Crippen molar-refractivity contribution in [2.75, 3.05) is 6.26 Å². The first-order valence-corrected chi connectivity index (χ1v) is 7.36. The smallest absolute Gasteiger partial charge is 0.409 e. The van der Waals surface area contributed by atoms with Gasteiger partial charge in [0.05, 0.1) is 5.69 Å². The molecule has 0 aliphatic carbocycles. The molecule has 18 heavy (non-hydrogen) atoms. The Morgan fingerprint density at radius 3 is 2.44 bits per heavy atom. The number of aromatic amines is 1. The van der Waals surface area contributed by atoms with E-state index >= 15 is 0 Å². The van der Waals surface area contributed by atoms with E-state index in [0.717, 1.165) is 6.26 Å². The first-order chi connectivity index (χ1) is 8.09. The van der Waals surface area contributed by atoms with E-state index < -0.39 is 26.9 Å². The summed E-state index contributed by atoms with van der Waals surface area (Å²) in [5, 5.41) is 2.54. The second-order valence-corrected chi connectivity index (χ2v) is 7.15. The summed E-state index contributed by atoms with van der Waals surface area (Å²) in [6, 6.07) is 3.19. The van der Waals surface area contributed by atoms with Gasteiger partial charge in [-0.15, -0.1) is 0 Å². The van der Waals surface area contributed by atoms with Crippen LogP contribution >= 0.6 is 0 Å². The Kier molecular flexibility index (Phi) is 4.05. The molecular weight excluding hydrogens is 256 g/mol. The highest BCUT2D eigenvalue weighted by Crippen LogP contribution is 2.21. The van der Waals surface area contributed by atoms with Crippen molar-refractivity contribution in [2.45, 2.75) is 31.7 Å². The third kappa shape index (κ3) is 4.40. The van der Waals surface area contributed by atoms with E-state index in [1.165, 1.54) is 0 Å². The summed E-state index contributed by atoms with van der Waals surface area (Å²) in [4.78, 5) is 14.3. The van der Waals surface area contributed by atoms with Gasteiger partial charge in [0, 0.05) is 18.0 Å². The molecule has 0 bridgehead atoms. The maximum absolute atomic E-state index is 11.6. The Balaban J connectivity index is 2.86. The SMILES string of the molecule is CC(C)(C)NC(=O)OC(c1ccc[nH]1)S(C)(=O)=O. The van der Waals surface area contributed by atoms with Crippen LogP contribution in [0.5, 0.6) is 0 Å². The molecule has 0 spiro atoms. The van der Waals surface area contributed by atoms with Crippen molar-refractivity contribution in [3.8, 4) is 0 Å². The van der Waals surface area contributed by atoms with Gasteiger partial charge in [-0.05, 0) is 32.9 Å². The number of carbonyl (C=O) groups is 1. The lowest BCUT2D eigenvalue weighted by Crippen LogP contribution is -2.42. The summed E-state index contributed by atoms with van der Waals surface area (Å²) in [5.74, 6) is 0. The van der Waals surface area contributed by atoms with Gasteiger partial charge in [-0.1, -0.05) is 0 Å². The molecule has 1 unspecified atom stereocenters. The number of aromatic nitrogens is 1. The summed E-state index contributed by atoms with van der Waals surface area (Å²) >= 11 is 0. The summed E-state index contributed by atoms with van der Waals surface area (Å²) in [6.45, 7) is 5.33. The van der Waals surface area contributed by atoms with Crippen LogP contribution in [0.3, 0.4) is 0 Å². The molecular formula is C11H18N2O4S. The van der Waals surface area contributed by atoms with Crippen LogP contribution in [0.1, 0.15) is 31.9 Å². The van der Waals surface area contributed by atoms with Crippen LogP contribution in [-0.4, -0.2) is 31.3 Å². The van der Waals surface area contributed by atoms with Crippen LogP contribution in [0.2, 0.25) is 0 Å². The van der Waals surface area contributed by atoms with Gasteiger partial charge >= 0.3 is 6.09 Å². The number of alkyl carbamates (subject to hydrolysis) is 1. The lowest BCUT2D eigenvalue weighted by atomic mass is 10.1. The molecule has 1 atom stereocenters. The molecule has 0 saturated heterocycles. The third-order valence-corrected chi connectivity index (χ3v) is 3.08. The number of rotatable bonds is 3. The molecule has 0 aromatic carbocycles. The van der Waals surface area contributed by atoms with Crippen LogP contribution in [0.25, 0.3) is 0 Å². The maximum Gasteiger partial charge on any atom is 0.409 e. The number of H-pyrrole nitrogens is 1. The van der Waals surface area contributed by atoms with Crippen molar-refractivity contribution >= 4 is 15.9 Å². The van der Waals surface area contributed by atoms with Gasteiger partial charge in [-0.25, -0.2) is 13.2 Å². The predicted octanol–water partition coefficient (Wildman–Crippen LogP) is 1.58. The topological polar surface area (TPSA) is 88.3 Å². The third-order valence-electron chi connectivity index (χ3n) is 1.96. The Hall–Kier alpha value is -1.50. The summed E-state index contributed by atoms with van der Waals surface area (Å²) < 4.78 is 28.2. The summed E-state index contributed by atoms with van der Waals surface area (Å²) in [5.41, 5.74) is -1.49. The van der Waals surface area contributed by atoms with Crippen molar-refractivity contribution < 1.29 is 17.9 Å². The molecule has 1 heterocycles. The number of sulfone groups is 1. The number of hydrogen-bond donors (Lipinski definition) is 2. The average molecular weight is 274 g/mol. The molecule has 7 heteroatoms. The lowest BCUT2D eigenvalue weighted by molar-refractivity contribution is 0.122. The zero-order valence-corrected chi connectivity index (χ0v) is 11.7. The van der Waals surface area contributed by atoms with Gasteiger partial charge in [-0.3, -0.25) is 0 Å². The molecule has 1 aromatic rings. The van der Waals surface area contributed by atoms with Crippen LogP contribution in [0, 0.1) is 0 Å². The summed E-state index contributed by atoms with van der Waals surface area (Å²) in [6.07, 6.45) is 1.81. The van der Waals surface area contributed by atoms with E-state index in [-0.39, 0.29) is 0 Å². The van der Waals surface area contributed by atoms with Crippen molar-refractivity contribution in [2.24, 2.45) is 0 Å². The second-order valence-electron chi connectivity index (χ2n) is 5.07. The molecule has 0 aliphatic heterocycles. The number of ether oxygens (including phenoxy) is 1. The second kappa shape index (κ2) is 5.01. The highest BCUT2D eigenvalue weighted by molar-refractivity contribution is 7.90. The predicted molar refractivity (Wildman–Crippen MR) is 67.7 cm³/mol. The Morgan fingerprint density at radius 2 is 2.06 bits per heavy atom. The molecule has 2 N–H and O–H groups in total. The zero-order chi connectivity index (χ0) is 14.0. The van der Waals surface area contributed by atoms with Crippen LogP contribution < -0.4 is 5.32 Å². The summed E-state index contributed by atoms with van der Waals surface area (Å²) in [7, 11) is -3.55. The van der Waals surface area contributed by atoms with E-state index in [2.05, 4.69) is 10.3 Å². The Bertz CT molecular complexity index is 500. The Labute approximate surface area is 107 Å². The number of hydrogen-bond acceptors (Lipinski definition) is 4.